The van der Waals surface area contributed by atoms with Gasteiger partial charge in [0.25, 0.3) is 5.91 Å². The number of aryl methyl sites for hydroxylation is 3. The summed E-state index contributed by atoms with van der Waals surface area (Å²) in [6.45, 7) is 7.79. The number of rotatable bonds is 3. The summed E-state index contributed by atoms with van der Waals surface area (Å²) < 4.78 is 1.80. The number of carbonyl (C=O) groups excluding carboxylic acids is 1. The molecule has 0 fully saturated rings. The minimum absolute atomic E-state index is 0.118. The molecular formula is C18H21N5O. The van der Waals surface area contributed by atoms with Gasteiger partial charge in [-0.2, -0.15) is 5.10 Å². The fourth-order valence-corrected chi connectivity index (χ4v) is 2.67. The summed E-state index contributed by atoms with van der Waals surface area (Å²) in [5.41, 5.74) is 5.94. The molecule has 24 heavy (non-hydrogen) atoms. The molecule has 3 rings (SSSR count). The molecule has 0 aliphatic rings. The van der Waals surface area contributed by atoms with Crippen molar-refractivity contribution in [3.05, 3.63) is 52.6 Å². The molecule has 0 radical (unpaired) electrons. The van der Waals surface area contributed by atoms with Gasteiger partial charge in [0.05, 0.1) is 34.7 Å². The Labute approximate surface area is 140 Å². The largest absolute Gasteiger partial charge is 0.345 e. The van der Waals surface area contributed by atoms with Crippen LogP contribution in [-0.4, -0.2) is 25.7 Å². The summed E-state index contributed by atoms with van der Waals surface area (Å²) in [4.78, 5) is 21.6. The predicted molar refractivity (Wildman–Crippen MR) is 92.8 cm³/mol. The van der Waals surface area contributed by atoms with Gasteiger partial charge in [0, 0.05) is 23.9 Å². The molecule has 1 aromatic carbocycles. The number of nitrogens with zero attached hydrogens (tertiary/aromatic N) is 4. The predicted octanol–water partition coefficient (Wildman–Crippen LogP) is 2.78. The monoisotopic (exact) mass is 323 g/mol. The van der Waals surface area contributed by atoms with Crippen molar-refractivity contribution in [1.29, 1.82) is 0 Å². The second-order valence-corrected chi connectivity index (χ2v) is 6.10. The van der Waals surface area contributed by atoms with E-state index in [2.05, 4.69) is 20.4 Å². The van der Waals surface area contributed by atoms with Gasteiger partial charge in [0.15, 0.2) is 0 Å². The Morgan fingerprint density at radius 1 is 1.12 bits per heavy atom. The van der Waals surface area contributed by atoms with Crippen LogP contribution in [0.4, 0.5) is 0 Å². The highest BCUT2D eigenvalue weighted by atomic mass is 16.1. The van der Waals surface area contributed by atoms with E-state index in [9.17, 15) is 4.79 Å². The Morgan fingerprint density at radius 3 is 2.42 bits per heavy atom. The highest BCUT2D eigenvalue weighted by Gasteiger charge is 2.16. The van der Waals surface area contributed by atoms with Crippen molar-refractivity contribution in [2.75, 3.05) is 0 Å². The van der Waals surface area contributed by atoms with E-state index >= 15 is 0 Å². The second-order valence-electron chi connectivity index (χ2n) is 6.10. The van der Waals surface area contributed by atoms with Crippen LogP contribution in [0.2, 0.25) is 0 Å². The van der Waals surface area contributed by atoms with Crippen molar-refractivity contribution in [2.24, 2.45) is 7.05 Å². The minimum Gasteiger partial charge on any atom is -0.345 e. The molecule has 6 heteroatoms. The van der Waals surface area contributed by atoms with Crippen LogP contribution >= 0.6 is 0 Å². The molecule has 6 nitrogen and oxygen atoms in total. The van der Waals surface area contributed by atoms with Gasteiger partial charge < -0.3 is 5.32 Å². The molecular weight excluding hydrogens is 302 g/mol. The van der Waals surface area contributed by atoms with Gasteiger partial charge in [0.2, 0.25) is 0 Å². The normalized spacial score (nSPS) is 12.4. The van der Waals surface area contributed by atoms with Gasteiger partial charge in [-0.15, -0.1) is 0 Å². The highest BCUT2D eigenvalue weighted by Crippen LogP contribution is 2.18. The van der Waals surface area contributed by atoms with Crippen molar-refractivity contribution in [3.63, 3.8) is 0 Å². The lowest BCUT2D eigenvalue weighted by atomic mass is 10.1. The summed E-state index contributed by atoms with van der Waals surface area (Å²) in [7, 11) is 1.89. The lowest BCUT2D eigenvalue weighted by molar-refractivity contribution is 0.0940. The summed E-state index contributed by atoms with van der Waals surface area (Å²) in [6, 6.07) is 5.29. The van der Waals surface area contributed by atoms with E-state index in [1.165, 1.54) is 0 Å². The van der Waals surface area contributed by atoms with E-state index in [4.69, 9.17) is 0 Å². The van der Waals surface area contributed by atoms with E-state index in [0.29, 0.717) is 5.56 Å². The van der Waals surface area contributed by atoms with Gasteiger partial charge in [-0.3, -0.25) is 9.48 Å². The zero-order valence-corrected chi connectivity index (χ0v) is 14.6. The molecule has 1 atom stereocenters. The van der Waals surface area contributed by atoms with Crippen molar-refractivity contribution >= 4 is 16.9 Å². The molecule has 124 valence electrons. The van der Waals surface area contributed by atoms with Gasteiger partial charge in [-0.05, 0) is 45.9 Å². The van der Waals surface area contributed by atoms with E-state index in [1.54, 1.807) is 23.0 Å². The molecule has 1 N–H and O–H groups in total. The Kier molecular flexibility index (Phi) is 4.05. The maximum Gasteiger partial charge on any atom is 0.251 e. The fraction of sp³-hybridized carbons (Fsp3) is 0.333. The molecule has 0 saturated carbocycles. The van der Waals surface area contributed by atoms with Gasteiger partial charge in [-0.25, -0.2) is 9.97 Å². The minimum atomic E-state index is -0.132. The molecule has 3 aromatic rings. The van der Waals surface area contributed by atoms with Crippen LogP contribution in [0.5, 0.6) is 0 Å². The Morgan fingerprint density at radius 2 is 1.79 bits per heavy atom. The van der Waals surface area contributed by atoms with Crippen LogP contribution in [-0.2, 0) is 7.05 Å². The topological polar surface area (TPSA) is 72.7 Å². The smallest absolute Gasteiger partial charge is 0.251 e. The standard InChI is InChI=1S/C18H21N5O/c1-10-11(2)21-17-8-14(6-7-16(17)20-10)18(24)22-12(3)15-9-19-23(5)13(15)4/h6-9,12H,1-5H3,(H,22,24)/t12-/m1/s1. The van der Waals surface area contributed by atoms with E-state index in [0.717, 1.165) is 33.7 Å². The van der Waals surface area contributed by atoms with Crippen LogP contribution in [0.25, 0.3) is 11.0 Å². The zero-order chi connectivity index (χ0) is 17.4. The summed E-state index contributed by atoms with van der Waals surface area (Å²) in [6.07, 6.45) is 1.79. The first-order valence-corrected chi connectivity index (χ1v) is 7.91. The summed E-state index contributed by atoms with van der Waals surface area (Å²) >= 11 is 0. The first-order valence-electron chi connectivity index (χ1n) is 7.91. The molecule has 2 heterocycles. The van der Waals surface area contributed by atoms with Crippen molar-refractivity contribution in [1.82, 2.24) is 25.1 Å². The molecule has 0 aliphatic carbocycles. The second kappa shape index (κ2) is 6.03. The maximum atomic E-state index is 12.6. The van der Waals surface area contributed by atoms with Crippen LogP contribution < -0.4 is 5.32 Å². The van der Waals surface area contributed by atoms with E-state index < -0.39 is 0 Å². The Hall–Kier alpha value is -2.76. The number of hydrogen-bond acceptors (Lipinski definition) is 4. The SMILES string of the molecule is Cc1nc2ccc(C(=O)N[C@H](C)c3cnn(C)c3C)cc2nc1C. The third-order valence-electron chi connectivity index (χ3n) is 4.42. The molecule has 0 aliphatic heterocycles. The van der Waals surface area contributed by atoms with Gasteiger partial charge in [-0.1, -0.05) is 0 Å². The number of fused-ring (bicyclic) bond motifs is 1. The van der Waals surface area contributed by atoms with Crippen molar-refractivity contribution < 1.29 is 4.79 Å². The number of amides is 1. The zero-order valence-electron chi connectivity index (χ0n) is 14.6. The lowest BCUT2D eigenvalue weighted by Gasteiger charge is -2.14. The maximum absolute atomic E-state index is 12.6. The molecule has 0 saturated heterocycles. The quantitative estimate of drug-likeness (QED) is 0.804. The third-order valence-corrected chi connectivity index (χ3v) is 4.42. The third kappa shape index (κ3) is 2.87. The van der Waals surface area contributed by atoms with E-state index in [-0.39, 0.29) is 11.9 Å². The molecule has 0 bridgehead atoms. The number of nitrogens with one attached hydrogen (secondary N) is 1. The molecule has 1 amide bonds. The highest BCUT2D eigenvalue weighted by molar-refractivity contribution is 5.97. The van der Waals surface area contributed by atoms with Crippen LogP contribution in [0.15, 0.2) is 24.4 Å². The van der Waals surface area contributed by atoms with Crippen LogP contribution in [0.1, 0.15) is 46.0 Å². The number of benzene rings is 1. The lowest BCUT2D eigenvalue weighted by Crippen LogP contribution is -2.27. The fourth-order valence-electron chi connectivity index (χ4n) is 2.67. The van der Waals surface area contributed by atoms with Crippen molar-refractivity contribution in [2.45, 2.75) is 33.7 Å². The van der Waals surface area contributed by atoms with Crippen LogP contribution in [0, 0.1) is 20.8 Å². The Balaban J connectivity index is 1.85. The Bertz CT molecular complexity index is 929. The average molecular weight is 323 g/mol. The number of aromatic nitrogens is 4. The van der Waals surface area contributed by atoms with E-state index in [1.807, 2.05) is 40.8 Å². The number of hydrogen-bond donors (Lipinski definition) is 1. The first-order chi connectivity index (χ1) is 11.4. The molecule has 2 aromatic heterocycles. The first kappa shape index (κ1) is 16.1. The van der Waals surface area contributed by atoms with Gasteiger partial charge >= 0.3 is 0 Å². The summed E-state index contributed by atoms with van der Waals surface area (Å²) in [5.74, 6) is -0.132. The summed E-state index contributed by atoms with van der Waals surface area (Å²) in [5, 5.41) is 7.24. The van der Waals surface area contributed by atoms with Crippen molar-refractivity contribution in [3.8, 4) is 0 Å². The molecule has 0 unspecified atom stereocenters. The number of carbonyl (C=O) groups is 1. The van der Waals surface area contributed by atoms with Crippen LogP contribution in [0.3, 0.4) is 0 Å². The average Bonchev–Trinajstić information content (AvgIpc) is 2.87. The molecule has 0 spiro atoms. The van der Waals surface area contributed by atoms with Gasteiger partial charge in [0.1, 0.15) is 0 Å².